The molecule has 0 aliphatic rings. The molecule has 0 aliphatic carbocycles. The number of carbonyl (C=O) groups is 1. The van der Waals surface area contributed by atoms with Gasteiger partial charge in [-0.3, -0.25) is 0 Å². The van der Waals surface area contributed by atoms with Gasteiger partial charge in [0.15, 0.2) is 0 Å². The van der Waals surface area contributed by atoms with Crippen LogP contribution in [0, 0.1) is 0 Å². The lowest BCUT2D eigenvalue weighted by Gasteiger charge is -1.91. The molecule has 6 nitrogen and oxygen atoms in total. The van der Waals surface area contributed by atoms with E-state index < -0.39 is 6.09 Å². The number of hydrogen-bond donors (Lipinski definition) is 2. The SMILES string of the molecule is O=C(O)NCc1nnco1. The topological polar surface area (TPSA) is 88.2 Å². The molecule has 0 fully saturated rings. The van der Waals surface area contributed by atoms with Crippen molar-refractivity contribution in [2.24, 2.45) is 0 Å². The van der Waals surface area contributed by atoms with Gasteiger partial charge in [0.25, 0.3) is 0 Å². The van der Waals surface area contributed by atoms with Crippen molar-refractivity contribution in [3.05, 3.63) is 12.3 Å². The number of aromatic nitrogens is 2. The summed E-state index contributed by atoms with van der Waals surface area (Å²) in [6, 6.07) is 0. The zero-order valence-electron chi connectivity index (χ0n) is 4.94. The van der Waals surface area contributed by atoms with Gasteiger partial charge in [-0.15, -0.1) is 10.2 Å². The Morgan fingerprint density at radius 3 is 3.20 bits per heavy atom. The van der Waals surface area contributed by atoms with Crippen LogP contribution in [-0.4, -0.2) is 21.4 Å². The molecular formula is C4H5N3O3. The molecule has 54 valence electrons. The fraction of sp³-hybridized carbons (Fsp3) is 0.250. The molecule has 1 aromatic heterocycles. The van der Waals surface area contributed by atoms with Crippen LogP contribution in [0.2, 0.25) is 0 Å². The third kappa shape index (κ3) is 1.73. The number of carboxylic acid groups (broad SMARTS) is 1. The zero-order valence-corrected chi connectivity index (χ0v) is 4.94. The van der Waals surface area contributed by atoms with E-state index in [0.29, 0.717) is 0 Å². The maximum Gasteiger partial charge on any atom is 0.405 e. The maximum atomic E-state index is 9.89. The van der Waals surface area contributed by atoms with Gasteiger partial charge in [0.05, 0.1) is 6.54 Å². The van der Waals surface area contributed by atoms with Crippen molar-refractivity contribution >= 4 is 6.09 Å². The minimum atomic E-state index is -1.11. The Balaban J connectivity index is 2.35. The monoisotopic (exact) mass is 143 g/mol. The summed E-state index contributed by atoms with van der Waals surface area (Å²) in [6.07, 6.45) is 0.0250. The lowest BCUT2D eigenvalue weighted by atomic mass is 10.6. The predicted molar refractivity (Wildman–Crippen MR) is 29.2 cm³/mol. The van der Waals surface area contributed by atoms with Gasteiger partial charge in [0.1, 0.15) is 0 Å². The molecule has 0 radical (unpaired) electrons. The molecule has 0 saturated carbocycles. The second-order valence-electron chi connectivity index (χ2n) is 1.49. The molecule has 1 rings (SSSR count). The molecule has 0 spiro atoms. The van der Waals surface area contributed by atoms with E-state index in [9.17, 15) is 4.79 Å². The molecule has 0 aromatic carbocycles. The Hall–Kier alpha value is -1.59. The second kappa shape index (κ2) is 2.81. The average Bonchev–Trinajstić information content (AvgIpc) is 2.34. The van der Waals surface area contributed by atoms with E-state index in [1.54, 1.807) is 0 Å². The molecule has 0 unspecified atom stereocenters. The standard InChI is InChI=1S/C4H5N3O3/c8-4(9)5-1-3-7-6-2-10-3/h2,5H,1H2,(H,8,9). The van der Waals surface area contributed by atoms with Gasteiger partial charge in [-0.2, -0.15) is 0 Å². The van der Waals surface area contributed by atoms with E-state index in [4.69, 9.17) is 5.11 Å². The van der Waals surface area contributed by atoms with Crippen molar-refractivity contribution in [3.63, 3.8) is 0 Å². The highest BCUT2D eigenvalue weighted by Crippen LogP contribution is 1.88. The Morgan fingerprint density at radius 1 is 1.90 bits per heavy atom. The van der Waals surface area contributed by atoms with E-state index in [2.05, 4.69) is 19.9 Å². The van der Waals surface area contributed by atoms with Crippen LogP contribution >= 0.6 is 0 Å². The first-order valence-electron chi connectivity index (χ1n) is 2.51. The van der Waals surface area contributed by atoms with Crippen LogP contribution in [0.3, 0.4) is 0 Å². The van der Waals surface area contributed by atoms with Gasteiger partial charge >= 0.3 is 6.09 Å². The van der Waals surface area contributed by atoms with E-state index in [1.807, 2.05) is 0 Å². The van der Waals surface area contributed by atoms with Crippen molar-refractivity contribution in [2.75, 3.05) is 0 Å². The molecule has 6 heteroatoms. The first-order valence-corrected chi connectivity index (χ1v) is 2.51. The number of amides is 1. The number of hydrogen-bond acceptors (Lipinski definition) is 4. The molecule has 10 heavy (non-hydrogen) atoms. The summed E-state index contributed by atoms with van der Waals surface area (Å²) >= 11 is 0. The largest absolute Gasteiger partial charge is 0.465 e. The number of nitrogens with zero attached hydrogens (tertiary/aromatic N) is 2. The summed E-state index contributed by atoms with van der Waals surface area (Å²) in [6.45, 7) is 0.0509. The molecular weight excluding hydrogens is 138 g/mol. The van der Waals surface area contributed by atoms with E-state index in [0.717, 1.165) is 6.39 Å². The smallest absolute Gasteiger partial charge is 0.405 e. The van der Waals surface area contributed by atoms with Crippen molar-refractivity contribution in [1.82, 2.24) is 15.5 Å². The number of nitrogens with one attached hydrogen (secondary N) is 1. The van der Waals surface area contributed by atoms with Crippen molar-refractivity contribution in [3.8, 4) is 0 Å². The lowest BCUT2D eigenvalue weighted by Crippen LogP contribution is -2.20. The summed E-state index contributed by atoms with van der Waals surface area (Å²) in [5.41, 5.74) is 0. The number of rotatable bonds is 2. The third-order valence-electron chi connectivity index (χ3n) is 0.796. The predicted octanol–water partition coefficient (Wildman–Crippen LogP) is -0.163. The minimum absolute atomic E-state index is 0.0509. The quantitative estimate of drug-likeness (QED) is 0.600. The fourth-order valence-corrected chi connectivity index (χ4v) is 0.424. The van der Waals surface area contributed by atoms with E-state index >= 15 is 0 Å². The van der Waals surface area contributed by atoms with Gasteiger partial charge < -0.3 is 14.8 Å². The fourth-order valence-electron chi connectivity index (χ4n) is 0.424. The van der Waals surface area contributed by atoms with Crippen LogP contribution < -0.4 is 5.32 Å². The second-order valence-corrected chi connectivity index (χ2v) is 1.49. The highest BCUT2D eigenvalue weighted by Gasteiger charge is 1.99. The highest BCUT2D eigenvalue weighted by molar-refractivity contribution is 5.64. The summed E-state index contributed by atoms with van der Waals surface area (Å²) in [7, 11) is 0. The van der Waals surface area contributed by atoms with E-state index in [-0.39, 0.29) is 12.4 Å². The summed E-state index contributed by atoms with van der Waals surface area (Å²) in [5.74, 6) is 0.252. The van der Waals surface area contributed by atoms with Gasteiger partial charge in [-0.05, 0) is 0 Å². The first kappa shape index (κ1) is 6.53. The van der Waals surface area contributed by atoms with Crippen LogP contribution in [0.1, 0.15) is 5.89 Å². The highest BCUT2D eigenvalue weighted by atomic mass is 16.4. The molecule has 1 aromatic rings. The molecule has 1 heterocycles. The van der Waals surface area contributed by atoms with Crippen molar-refractivity contribution in [1.29, 1.82) is 0 Å². The van der Waals surface area contributed by atoms with Gasteiger partial charge in [-0.1, -0.05) is 0 Å². The Kier molecular flexibility index (Phi) is 1.83. The first-order chi connectivity index (χ1) is 4.79. The van der Waals surface area contributed by atoms with Crippen LogP contribution in [0.4, 0.5) is 4.79 Å². The molecule has 0 aliphatic heterocycles. The van der Waals surface area contributed by atoms with Gasteiger partial charge in [0.2, 0.25) is 12.3 Å². The third-order valence-corrected chi connectivity index (χ3v) is 0.796. The Morgan fingerprint density at radius 2 is 2.70 bits per heavy atom. The molecule has 0 atom stereocenters. The van der Waals surface area contributed by atoms with Crippen molar-refractivity contribution < 1.29 is 14.3 Å². The van der Waals surface area contributed by atoms with Crippen LogP contribution in [0.5, 0.6) is 0 Å². The van der Waals surface area contributed by atoms with Crippen LogP contribution in [-0.2, 0) is 6.54 Å². The normalized spacial score (nSPS) is 9.20. The summed E-state index contributed by atoms with van der Waals surface area (Å²) in [4.78, 5) is 9.89. The minimum Gasteiger partial charge on any atom is -0.465 e. The molecule has 2 N–H and O–H groups in total. The maximum absolute atomic E-state index is 9.89. The van der Waals surface area contributed by atoms with E-state index in [1.165, 1.54) is 0 Å². The van der Waals surface area contributed by atoms with Crippen LogP contribution in [0.15, 0.2) is 10.8 Å². The Bertz CT molecular complexity index is 208. The molecule has 0 bridgehead atoms. The van der Waals surface area contributed by atoms with Crippen molar-refractivity contribution in [2.45, 2.75) is 6.54 Å². The zero-order chi connectivity index (χ0) is 7.40. The molecule has 0 saturated heterocycles. The van der Waals surface area contributed by atoms with Crippen LogP contribution in [0.25, 0.3) is 0 Å². The molecule has 1 amide bonds. The summed E-state index contributed by atoms with van der Waals surface area (Å²) in [5, 5.41) is 17.0. The lowest BCUT2D eigenvalue weighted by molar-refractivity contribution is 0.192. The van der Waals surface area contributed by atoms with Gasteiger partial charge in [-0.25, -0.2) is 4.79 Å². The average molecular weight is 143 g/mol. The summed E-state index contributed by atoms with van der Waals surface area (Å²) < 4.78 is 4.64. The van der Waals surface area contributed by atoms with Gasteiger partial charge in [0, 0.05) is 0 Å². The Labute approximate surface area is 55.9 Å².